The fourth-order valence-electron chi connectivity index (χ4n) is 4.44. The number of carbonyl (C=O) groups excluding carboxylic acids is 2. The predicted molar refractivity (Wildman–Crippen MR) is 119 cm³/mol. The molecule has 0 bridgehead atoms. The maximum atomic E-state index is 13.7. The Balaban J connectivity index is 1.57. The van der Waals surface area contributed by atoms with Crippen molar-refractivity contribution >= 4 is 17.5 Å². The topological polar surface area (TPSA) is 94.2 Å². The summed E-state index contributed by atoms with van der Waals surface area (Å²) in [5.41, 5.74) is 0.471. The molecule has 2 aromatic heterocycles. The highest BCUT2D eigenvalue weighted by molar-refractivity contribution is 6.08. The predicted octanol–water partition coefficient (Wildman–Crippen LogP) is 4.75. The fourth-order valence-corrected chi connectivity index (χ4v) is 4.44. The first-order valence-electron chi connectivity index (χ1n) is 11.2. The summed E-state index contributed by atoms with van der Waals surface area (Å²) in [6.45, 7) is 1.91. The van der Waals surface area contributed by atoms with E-state index in [2.05, 4.69) is 5.32 Å². The summed E-state index contributed by atoms with van der Waals surface area (Å²) in [5, 5.41) is 3.15. The number of furan rings is 2. The van der Waals surface area contributed by atoms with Gasteiger partial charge >= 0.3 is 0 Å². The first-order chi connectivity index (χ1) is 16.1. The second-order valence-corrected chi connectivity index (χ2v) is 8.38. The van der Waals surface area contributed by atoms with Crippen LogP contribution in [-0.2, 0) is 4.79 Å². The fraction of sp³-hybridized carbons (Fsp3) is 0.360. The second kappa shape index (κ2) is 9.05. The van der Waals surface area contributed by atoms with Gasteiger partial charge < -0.3 is 23.6 Å². The molecule has 1 atom stereocenters. The van der Waals surface area contributed by atoms with Crippen molar-refractivity contribution < 1.29 is 27.9 Å². The standard InChI is InChI=1S/C25H26N2O6/c1-16-9-11-20(33-16)23(24(28)26-17-6-3-2-4-7-17)27(25(29)21-8-5-13-30-21)18-10-12-19-22(14-18)32-15-31-19/h5,8-14,17,23H,2-4,6-7,15H2,1H3,(H,26,28). The number of anilines is 1. The molecule has 1 aromatic carbocycles. The van der Waals surface area contributed by atoms with Crippen molar-refractivity contribution in [2.24, 2.45) is 0 Å². The number of amides is 2. The molecule has 1 unspecified atom stereocenters. The smallest absolute Gasteiger partial charge is 0.295 e. The molecule has 8 heteroatoms. The number of fused-ring (bicyclic) bond motifs is 1. The quantitative estimate of drug-likeness (QED) is 0.583. The van der Waals surface area contributed by atoms with Crippen LogP contribution in [0.25, 0.3) is 0 Å². The molecule has 33 heavy (non-hydrogen) atoms. The van der Waals surface area contributed by atoms with Crippen LogP contribution in [0.2, 0.25) is 0 Å². The van der Waals surface area contributed by atoms with Crippen LogP contribution in [0.5, 0.6) is 11.5 Å². The van der Waals surface area contributed by atoms with E-state index in [1.165, 1.54) is 17.6 Å². The number of rotatable bonds is 6. The third kappa shape index (κ3) is 4.33. The number of hydrogen-bond acceptors (Lipinski definition) is 6. The molecule has 172 valence electrons. The number of nitrogens with one attached hydrogen (secondary N) is 1. The van der Waals surface area contributed by atoms with Gasteiger partial charge in [-0.25, -0.2) is 0 Å². The molecule has 0 radical (unpaired) electrons. The molecule has 1 aliphatic heterocycles. The Morgan fingerprint density at radius 2 is 1.85 bits per heavy atom. The number of ether oxygens (including phenoxy) is 2. The number of carbonyl (C=O) groups is 2. The van der Waals surface area contributed by atoms with Crippen molar-refractivity contribution in [1.82, 2.24) is 5.32 Å². The summed E-state index contributed by atoms with van der Waals surface area (Å²) in [6, 6.07) is 10.9. The molecule has 2 amide bonds. The molecule has 0 spiro atoms. The molecule has 2 aliphatic rings. The lowest BCUT2D eigenvalue weighted by molar-refractivity contribution is -0.123. The zero-order valence-corrected chi connectivity index (χ0v) is 18.4. The maximum Gasteiger partial charge on any atom is 0.295 e. The summed E-state index contributed by atoms with van der Waals surface area (Å²) < 4.78 is 22.2. The van der Waals surface area contributed by atoms with E-state index >= 15 is 0 Å². The van der Waals surface area contributed by atoms with Crippen molar-refractivity contribution in [2.75, 3.05) is 11.7 Å². The van der Waals surface area contributed by atoms with Crippen LogP contribution < -0.4 is 19.7 Å². The molecular formula is C25H26N2O6. The first-order valence-corrected chi connectivity index (χ1v) is 11.2. The van der Waals surface area contributed by atoms with E-state index in [1.807, 2.05) is 0 Å². The summed E-state index contributed by atoms with van der Waals surface area (Å²) in [4.78, 5) is 28.8. The minimum atomic E-state index is -1.03. The van der Waals surface area contributed by atoms with Crippen LogP contribution >= 0.6 is 0 Å². The van der Waals surface area contributed by atoms with E-state index in [4.69, 9.17) is 18.3 Å². The second-order valence-electron chi connectivity index (χ2n) is 8.38. The minimum Gasteiger partial charge on any atom is -0.464 e. The molecule has 3 heterocycles. The Morgan fingerprint density at radius 3 is 2.58 bits per heavy atom. The number of benzene rings is 1. The molecule has 1 fully saturated rings. The molecular weight excluding hydrogens is 424 g/mol. The molecule has 1 saturated carbocycles. The highest BCUT2D eigenvalue weighted by atomic mass is 16.7. The monoisotopic (exact) mass is 450 g/mol. The molecule has 3 aromatic rings. The van der Waals surface area contributed by atoms with E-state index in [1.54, 1.807) is 49.4 Å². The van der Waals surface area contributed by atoms with Crippen molar-refractivity contribution in [3.05, 3.63) is 66.0 Å². The average Bonchev–Trinajstić information content (AvgIpc) is 3.59. The molecule has 8 nitrogen and oxygen atoms in total. The lowest BCUT2D eigenvalue weighted by Gasteiger charge is -2.31. The summed E-state index contributed by atoms with van der Waals surface area (Å²) in [6.07, 6.45) is 6.60. The van der Waals surface area contributed by atoms with Crippen LogP contribution in [0.4, 0.5) is 5.69 Å². The van der Waals surface area contributed by atoms with Crippen LogP contribution in [0, 0.1) is 6.92 Å². The Kier molecular flexibility index (Phi) is 5.81. The zero-order valence-electron chi connectivity index (χ0n) is 18.4. The van der Waals surface area contributed by atoms with Gasteiger partial charge in [-0.1, -0.05) is 19.3 Å². The van der Waals surface area contributed by atoms with Crippen molar-refractivity contribution in [2.45, 2.75) is 51.1 Å². The largest absolute Gasteiger partial charge is 0.464 e. The van der Waals surface area contributed by atoms with Gasteiger partial charge in [0.05, 0.1) is 6.26 Å². The number of nitrogens with zero attached hydrogens (tertiary/aromatic N) is 1. The van der Waals surface area contributed by atoms with Crippen LogP contribution in [0.3, 0.4) is 0 Å². The third-order valence-corrected chi connectivity index (χ3v) is 6.07. The third-order valence-electron chi connectivity index (χ3n) is 6.07. The minimum absolute atomic E-state index is 0.0714. The van der Waals surface area contributed by atoms with Gasteiger partial charge in [0.15, 0.2) is 23.3 Å². The Bertz CT molecular complexity index is 1130. The van der Waals surface area contributed by atoms with Crippen molar-refractivity contribution in [1.29, 1.82) is 0 Å². The van der Waals surface area contributed by atoms with Crippen LogP contribution in [-0.4, -0.2) is 24.6 Å². The van der Waals surface area contributed by atoms with E-state index < -0.39 is 11.9 Å². The van der Waals surface area contributed by atoms with Gasteiger partial charge in [-0.15, -0.1) is 0 Å². The van der Waals surface area contributed by atoms with Gasteiger partial charge in [-0.3, -0.25) is 14.5 Å². The van der Waals surface area contributed by atoms with Gasteiger partial charge in [0.25, 0.3) is 11.8 Å². The molecule has 1 aliphatic carbocycles. The number of aryl methyl sites for hydroxylation is 1. The Hall–Kier alpha value is -3.68. The van der Waals surface area contributed by atoms with Gasteiger partial charge in [-0.05, 0) is 56.2 Å². The van der Waals surface area contributed by atoms with E-state index in [0.29, 0.717) is 28.7 Å². The summed E-state index contributed by atoms with van der Waals surface area (Å²) >= 11 is 0. The van der Waals surface area contributed by atoms with Crippen molar-refractivity contribution in [3.8, 4) is 11.5 Å². The van der Waals surface area contributed by atoms with E-state index in [9.17, 15) is 9.59 Å². The van der Waals surface area contributed by atoms with Gasteiger partial charge in [0.2, 0.25) is 6.79 Å². The molecule has 5 rings (SSSR count). The maximum absolute atomic E-state index is 13.7. The highest BCUT2D eigenvalue weighted by Crippen LogP contribution is 2.39. The van der Waals surface area contributed by atoms with Crippen molar-refractivity contribution in [3.63, 3.8) is 0 Å². The van der Waals surface area contributed by atoms with Crippen LogP contribution in [0.1, 0.15) is 60.2 Å². The van der Waals surface area contributed by atoms with Gasteiger partial charge in [-0.2, -0.15) is 0 Å². The van der Waals surface area contributed by atoms with Crippen LogP contribution in [0.15, 0.2) is 57.6 Å². The van der Waals surface area contributed by atoms with E-state index in [0.717, 1.165) is 25.7 Å². The average molecular weight is 450 g/mol. The van der Waals surface area contributed by atoms with E-state index in [-0.39, 0.29) is 24.5 Å². The normalized spacial score (nSPS) is 16.4. The zero-order chi connectivity index (χ0) is 22.8. The summed E-state index contributed by atoms with van der Waals surface area (Å²) in [7, 11) is 0. The SMILES string of the molecule is Cc1ccc(C(C(=O)NC2CCCCC2)N(C(=O)c2ccco2)c2ccc3c(c2)OCO3)o1. The Morgan fingerprint density at radius 1 is 1.03 bits per heavy atom. The van der Waals surface area contributed by atoms with Gasteiger partial charge in [0, 0.05) is 17.8 Å². The number of hydrogen-bond donors (Lipinski definition) is 1. The summed E-state index contributed by atoms with van der Waals surface area (Å²) in [5.74, 6) is 1.47. The molecule has 1 N–H and O–H groups in total. The lowest BCUT2D eigenvalue weighted by atomic mass is 9.95. The molecule has 0 saturated heterocycles. The first kappa shape index (κ1) is 21.2. The lowest BCUT2D eigenvalue weighted by Crippen LogP contribution is -2.47. The Labute approximate surface area is 191 Å². The van der Waals surface area contributed by atoms with Gasteiger partial charge in [0.1, 0.15) is 11.5 Å². The highest BCUT2D eigenvalue weighted by Gasteiger charge is 2.38.